The van der Waals surface area contributed by atoms with Crippen LogP contribution < -0.4 is 10.1 Å². The molecule has 0 spiro atoms. The van der Waals surface area contributed by atoms with E-state index in [1.165, 1.54) is 6.08 Å². The van der Waals surface area contributed by atoms with E-state index in [1.54, 1.807) is 31.6 Å². The van der Waals surface area contributed by atoms with Crippen molar-refractivity contribution in [2.24, 2.45) is 0 Å². The highest BCUT2D eigenvalue weighted by atomic mass is 16.5. The highest BCUT2D eigenvalue weighted by molar-refractivity contribution is 5.91. The maximum atomic E-state index is 11.8. The van der Waals surface area contributed by atoms with Gasteiger partial charge in [0.2, 0.25) is 5.91 Å². The highest BCUT2D eigenvalue weighted by Gasteiger charge is 2.11. The normalized spacial score (nSPS) is 12.3. The molecule has 0 fully saturated rings. The first-order chi connectivity index (χ1) is 9.70. The highest BCUT2D eigenvalue weighted by Crippen LogP contribution is 2.24. The van der Waals surface area contributed by atoms with Gasteiger partial charge < -0.3 is 14.5 Å². The molecule has 4 heteroatoms. The van der Waals surface area contributed by atoms with Gasteiger partial charge in [-0.2, -0.15) is 0 Å². The van der Waals surface area contributed by atoms with Crippen molar-refractivity contribution in [3.8, 4) is 5.75 Å². The number of benzene rings is 1. The summed E-state index contributed by atoms with van der Waals surface area (Å²) >= 11 is 0. The minimum atomic E-state index is -0.181. The lowest BCUT2D eigenvalue weighted by Crippen LogP contribution is -2.24. The van der Waals surface area contributed by atoms with Crippen molar-refractivity contribution in [3.05, 3.63) is 60.1 Å². The summed E-state index contributed by atoms with van der Waals surface area (Å²) in [5.41, 5.74) is 0.940. The summed E-state index contributed by atoms with van der Waals surface area (Å²) in [5.74, 6) is 1.22. The van der Waals surface area contributed by atoms with Gasteiger partial charge in [0.05, 0.1) is 19.4 Å². The van der Waals surface area contributed by atoms with Crippen LogP contribution in [0.5, 0.6) is 5.75 Å². The second-order valence-electron chi connectivity index (χ2n) is 4.32. The maximum absolute atomic E-state index is 11.8. The number of amides is 1. The number of methoxy groups -OCH3 is 1. The van der Waals surface area contributed by atoms with Gasteiger partial charge in [-0.1, -0.05) is 18.2 Å². The molecular formula is C16H17NO3. The van der Waals surface area contributed by atoms with Gasteiger partial charge in [-0.15, -0.1) is 0 Å². The van der Waals surface area contributed by atoms with Crippen molar-refractivity contribution in [2.45, 2.75) is 13.0 Å². The Hall–Kier alpha value is -2.49. The van der Waals surface area contributed by atoms with Crippen LogP contribution in [0.2, 0.25) is 0 Å². The van der Waals surface area contributed by atoms with Crippen molar-refractivity contribution in [1.29, 1.82) is 0 Å². The monoisotopic (exact) mass is 271 g/mol. The lowest BCUT2D eigenvalue weighted by Gasteiger charge is -2.16. The van der Waals surface area contributed by atoms with E-state index in [1.807, 2.05) is 31.2 Å². The predicted octanol–water partition coefficient (Wildman–Crippen LogP) is 3.18. The summed E-state index contributed by atoms with van der Waals surface area (Å²) in [6.45, 7) is 1.91. The van der Waals surface area contributed by atoms with Crippen LogP contribution in [0.25, 0.3) is 6.08 Å². The van der Waals surface area contributed by atoms with Crippen LogP contribution in [-0.4, -0.2) is 13.0 Å². The number of furan rings is 1. The molecule has 1 atom stereocenters. The van der Waals surface area contributed by atoms with Crippen LogP contribution in [0, 0.1) is 0 Å². The number of carbonyl (C=O) groups is 1. The molecule has 0 aliphatic rings. The fourth-order valence-corrected chi connectivity index (χ4v) is 1.91. The summed E-state index contributed by atoms with van der Waals surface area (Å²) in [7, 11) is 1.62. The quantitative estimate of drug-likeness (QED) is 0.850. The average molecular weight is 271 g/mol. The van der Waals surface area contributed by atoms with Gasteiger partial charge >= 0.3 is 0 Å². The first kappa shape index (κ1) is 13.9. The largest absolute Gasteiger partial charge is 0.496 e. The van der Waals surface area contributed by atoms with Crippen LogP contribution >= 0.6 is 0 Å². The molecular weight excluding hydrogens is 254 g/mol. The zero-order chi connectivity index (χ0) is 14.4. The molecule has 0 aliphatic carbocycles. The van der Waals surface area contributed by atoms with E-state index in [9.17, 15) is 4.79 Å². The van der Waals surface area contributed by atoms with E-state index >= 15 is 0 Å². The van der Waals surface area contributed by atoms with Crippen LogP contribution in [0.15, 0.2) is 53.2 Å². The van der Waals surface area contributed by atoms with Crippen LogP contribution in [0.4, 0.5) is 0 Å². The fraction of sp³-hybridized carbons (Fsp3) is 0.188. The summed E-state index contributed by atoms with van der Waals surface area (Å²) < 4.78 is 10.4. The third-order valence-electron chi connectivity index (χ3n) is 2.91. The molecule has 0 unspecified atom stereocenters. The summed E-state index contributed by atoms with van der Waals surface area (Å²) in [5, 5.41) is 2.89. The number of para-hydroxylation sites is 1. The first-order valence-corrected chi connectivity index (χ1v) is 6.35. The van der Waals surface area contributed by atoms with Crippen molar-refractivity contribution in [3.63, 3.8) is 0 Å². The Morgan fingerprint density at radius 2 is 2.10 bits per heavy atom. The molecule has 1 aromatic carbocycles. The lowest BCUT2D eigenvalue weighted by atomic mass is 10.1. The zero-order valence-corrected chi connectivity index (χ0v) is 11.5. The van der Waals surface area contributed by atoms with Crippen molar-refractivity contribution in [1.82, 2.24) is 5.32 Å². The molecule has 1 N–H and O–H groups in total. The van der Waals surface area contributed by atoms with Crippen LogP contribution in [0.3, 0.4) is 0 Å². The van der Waals surface area contributed by atoms with Gasteiger partial charge in [-0.05, 0) is 31.2 Å². The van der Waals surface area contributed by atoms with Crippen molar-refractivity contribution >= 4 is 12.0 Å². The Balaban J connectivity index is 2.00. The lowest BCUT2D eigenvalue weighted by molar-refractivity contribution is -0.117. The van der Waals surface area contributed by atoms with Crippen molar-refractivity contribution in [2.75, 3.05) is 7.11 Å². The number of hydrogen-bond donors (Lipinski definition) is 1. The van der Waals surface area contributed by atoms with Gasteiger partial charge in [-0.3, -0.25) is 4.79 Å². The predicted molar refractivity (Wildman–Crippen MR) is 77.3 cm³/mol. The molecule has 2 rings (SSSR count). The molecule has 0 bridgehead atoms. The molecule has 2 aromatic rings. The second-order valence-corrected chi connectivity index (χ2v) is 4.32. The third-order valence-corrected chi connectivity index (χ3v) is 2.91. The standard InChI is InChI=1S/C16H17NO3/c1-12(14-7-3-4-8-15(14)19-2)17-16(18)10-9-13-6-5-11-20-13/h3-12H,1-2H3,(H,17,18)/b10-9+/t12-/m1/s1. The molecule has 0 radical (unpaired) electrons. The average Bonchev–Trinajstić information content (AvgIpc) is 2.98. The number of ether oxygens (including phenoxy) is 1. The van der Waals surface area contributed by atoms with Crippen LogP contribution in [0.1, 0.15) is 24.3 Å². The second kappa shape index (κ2) is 6.61. The number of nitrogens with one attached hydrogen (secondary N) is 1. The fourth-order valence-electron chi connectivity index (χ4n) is 1.91. The van der Waals surface area contributed by atoms with E-state index in [-0.39, 0.29) is 11.9 Å². The molecule has 0 saturated carbocycles. The van der Waals surface area contributed by atoms with Crippen LogP contribution in [-0.2, 0) is 4.79 Å². The van der Waals surface area contributed by atoms with Crippen molar-refractivity contribution < 1.29 is 13.9 Å². The molecule has 1 aromatic heterocycles. The Morgan fingerprint density at radius 1 is 1.30 bits per heavy atom. The topological polar surface area (TPSA) is 51.5 Å². The molecule has 4 nitrogen and oxygen atoms in total. The molecule has 1 amide bonds. The minimum absolute atomic E-state index is 0.139. The third kappa shape index (κ3) is 3.51. The van der Waals surface area contributed by atoms with Gasteiger partial charge in [0.15, 0.2) is 0 Å². The van der Waals surface area contributed by atoms with Gasteiger partial charge in [0.1, 0.15) is 11.5 Å². The van der Waals surface area contributed by atoms with E-state index in [0.717, 1.165) is 11.3 Å². The summed E-state index contributed by atoms with van der Waals surface area (Å²) in [4.78, 5) is 11.8. The Labute approximate surface area is 118 Å². The van der Waals surface area contributed by atoms with Gasteiger partial charge in [-0.25, -0.2) is 0 Å². The van der Waals surface area contributed by atoms with E-state index in [2.05, 4.69) is 5.32 Å². The Kier molecular flexibility index (Phi) is 4.60. The maximum Gasteiger partial charge on any atom is 0.244 e. The van der Waals surface area contributed by atoms with E-state index < -0.39 is 0 Å². The van der Waals surface area contributed by atoms with E-state index in [0.29, 0.717) is 5.76 Å². The minimum Gasteiger partial charge on any atom is -0.496 e. The molecule has 20 heavy (non-hydrogen) atoms. The van der Waals surface area contributed by atoms with Gasteiger partial charge in [0, 0.05) is 11.6 Å². The Morgan fingerprint density at radius 3 is 2.80 bits per heavy atom. The SMILES string of the molecule is COc1ccccc1[C@@H](C)NC(=O)/C=C/c1ccco1. The zero-order valence-electron chi connectivity index (χ0n) is 11.5. The summed E-state index contributed by atoms with van der Waals surface area (Å²) in [6.07, 6.45) is 4.64. The number of rotatable bonds is 5. The Bertz CT molecular complexity index is 588. The summed E-state index contributed by atoms with van der Waals surface area (Å²) in [6, 6.07) is 11.0. The number of hydrogen-bond acceptors (Lipinski definition) is 3. The van der Waals surface area contributed by atoms with E-state index in [4.69, 9.17) is 9.15 Å². The molecule has 0 saturated heterocycles. The smallest absolute Gasteiger partial charge is 0.244 e. The molecule has 104 valence electrons. The first-order valence-electron chi connectivity index (χ1n) is 6.35. The van der Waals surface area contributed by atoms with Gasteiger partial charge in [0.25, 0.3) is 0 Å². The molecule has 1 heterocycles. The molecule has 0 aliphatic heterocycles. The number of carbonyl (C=O) groups excluding carboxylic acids is 1.